The zero-order valence-corrected chi connectivity index (χ0v) is 9.93. The number of hydrogen-bond acceptors (Lipinski definition) is 2. The highest BCUT2D eigenvalue weighted by Crippen LogP contribution is 2.08. The van der Waals surface area contributed by atoms with Gasteiger partial charge in [0.15, 0.2) is 0 Å². The number of hydrogen-bond donors (Lipinski definition) is 2. The van der Waals surface area contributed by atoms with Crippen molar-refractivity contribution in [3.8, 4) is 12.3 Å². The highest BCUT2D eigenvalue weighted by molar-refractivity contribution is 5.81. The van der Waals surface area contributed by atoms with Crippen molar-refractivity contribution in [2.75, 3.05) is 13.1 Å². The van der Waals surface area contributed by atoms with Gasteiger partial charge < -0.3 is 10.6 Å². The van der Waals surface area contributed by atoms with Crippen LogP contribution in [0.4, 0.5) is 0 Å². The van der Waals surface area contributed by atoms with Gasteiger partial charge in [-0.2, -0.15) is 0 Å². The molecule has 0 aliphatic carbocycles. The molecule has 1 rings (SSSR count). The van der Waals surface area contributed by atoms with Gasteiger partial charge in [-0.15, -0.1) is 12.3 Å². The van der Waals surface area contributed by atoms with Crippen LogP contribution in [0.3, 0.4) is 0 Å². The summed E-state index contributed by atoms with van der Waals surface area (Å²) in [5.74, 6) is 2.76. The van der Waals surface area contributed by atoms with Gasteiger partial charge in [-0.1, -0.05) is 12.8 Å². The third-order valence-electron chi connectivity index (χ3n) is 2.92. The number of rotatable bonds is 5. The Bertz CT molecular complexity index is 237. The fourth-order valence-electron chi connectivity index (χ4n) is 1.94. The minimum Gasteiger partial charge on any atom is -0.355 e. The first-order valence-corrected chi connectivity index (χ1v) is 6.29. The highest BCUT2D eigenvalue weighted by Gasteiger charge is 2.18. The van der Waals surface area contributed by atoms with Gasteiger partial charge in [-0.3, -0.25) is 4.79 Å². The van der Waals surface area contributed by atoms with Crippen molar-refractivity contribution < 1.29 is 4.79 Å². The Morgan fingerprint density at radius 2 is 2.25 bits per heavy atom. The molecule has 1 aliphatic heterocycles. The van der Waals surface area contributed by atoms with E-state index in [1.54, 1.807) is 0 Å². The maximum absolute atomic E-state index is 11.8. The molecule has 0 radical (unpaired) electrons. The van der Waals surface area contributed by atoms with Crippen molar-refractivity contribution in [1.82, 2.24) is 10.6 Å². The van der Waals surface area contributed by atoms with E-state index < -0.39 is 0 Å². The summed E-state index contributed by atoms with van der Waals surface area (Å²) in [6.45, 7) is 1.72. The molecule has 1 aliphatic rings. The predicted molar refractivity (Wildman–Crippen MR) is 66.0 cm³/mol. The van der Waals surface area contributed by atoms with Gasteiger partial charge in [0.2, 0.25) is 5.91 Å². The second-order valence-electron chi connectivity index (χ2n) is 4.31. The van der Waals surface area contributed by atoms with E-state index in [-0.39, 0.29) is 11.9 Å². The maximum atomic E-state index is 11.8. The van der Waals surface area contributed by atoms with E-state index in [9.17, 15) is 4.79 Å². The molecule has 3 heteroatoms. The first-order valence-electron chi connectivity index (χ1n) is 6.29. The standard InChI is InChI=1S/C13H22N2O/c1-2-3-4-7-11-15-13(16)12-9-6-5-8-10-14-12/h1,12,14H,3-11H2,(H,15,16). The van der Waals surface area contributed by atoms with Crippen LogP contribution in [0.15, 0.2) is 0 Å². The number of amides is 1. The normalized spacial score (nSPS) is 20.8. The molecule has 0 aromatic heterocycles. The lowest BCUT2D eigenvalue weighted by molar-refractivity contribution is -0.123. The van der Waals surface area contributed by atoms with Crippen LogP contribution >= 0.6 is 0 Å². The van der Waals surface area contributed by atoms with Crippen LogP contribution in [0.5, 0.6) is 0 Å². The molecule has 0 aromatic rings. The fraction of sp³-hybridized carbons (Fsp3) is 0.769. The Kier molecular flexibility index (Phi) is 6.67. The number of terminal acetylenes is 1. The lowest BCUT2D eigenvalue weighted by Crippen LogP contribution is -2.43. The summed E-state index contributed by atoms with van der Waals surface area (Å²) in [4.78, 5) is 11.8. The predicted octanol–water partition coefficient (Wildman–Crippen LogP) is 1.44. The van der Waals surface area contributed by atoms with E-state index in [0.29, 0.717) is 0 Å². The molecule has 90 valence electrons. The monoisotopic (exact) mass is 222 g/mol. The summed E-state index contributed by atoms with van der Waals surface area (Å²) in [6.07, 6.45) is 12.5. The van der Waals surface area contributed by atoms with E-state index in [4.69, 9.17) is 6.42 Å². The SMILES string of the molecule is C#CCCCCNC(=O)C1CCCCCN1. The summed E-state index contributed by atoms with van der Waals surface area (Å²) in [5, 5.41) is 6.26. The number of carbonyl (C=O) groups is 1. The highest BCUT2D eigenvalue weighted by atomic mass is 16.2. The molecular formula is C13H22N2O. The van der Waals surface area contributed by atoms with Crippen LogP contribution in [0, 0.1) is 12.3 Å². The summed E-state index contributed by atoms with van der Waals surface area (Å²) >= 11 is 0. The van der Waals surface area contributed by atoms with E-state index in [2.05, 4.69) is 16.6 Å². The van der Waals surface area contributed by atoms with Crippen molar-refractivity contribution in [3.05, 3.63) is 0 Å². The Morgan fingerprint density at radius 1 is 1.38 bits per heavy atom. The average Bonchev–Trinajstić information content (AvgIpc) is 2.57. The van der Waals surface area contributed by atoms with E-state index in [1.807, 2.05) is 0 Å². The van der Waals surface area contributed by atoms with Gasteiger partial charge >= 0.3 is 0 Å². The second-order valence-corrected chi connectivity index (χ2v) is 4.31. The Hall–Kier alpha value is -1.01. The Balaban J connectivity index is 2.11. The number of nitrogens with one attached hydrogen (secondary N) is 2. The fourth-order valence-corrected chi connectivity index (χ4v) is 1.94. The van der Waals surface area contributed by atoms with E-state index in [0.717, 1.165) is 45.2 Å². The molecule has 16 heavy (non-hydrogen) atoms. The largest absolute Gasteiger partial charge is 0.355 e. The molecule has 3 nitrogen and oxygen atoms in total. The zero-order chi connectivity index (χ0) is 11.6. The van der Waals surface area contributed by atoms with Gasteiger partial charge in [0, 0.05) is 13.0 Å². The van der Waals surface area contributed by atoms with Gasteiger partial charge in [-0.05, 0) is 32.2 Å². The third-order valence-corrected chi connectivity index (χ3v) is 2.92. The lowest BCUT2D eigenvalue weighted by atomic mass is 10.1. The molecule has 1 atom stereocenters. The first-order chi connectivity index (χ1) is 7.84. The summed E-state index contributed by atoms with van der Waals surface area (Å²) in [6, 6.07) is 0.0233. The Labute approximate surface area is 98.4 Å². The second kappa shape index (κ2) is 8.18. The topological polar surface area (TPSA) is 41.1 Å². The molecule has 0 spiro atoms. The molecule has 1 saturated heterocycles. The minimum absolute atomic E-state index is 0.0233. The quantitative estimate of drug-likeness (QED) is 0.546. The van der Waals surface area contributed by atoms with Gasteiger partial charge in [0.1, 0.15) is 0 Å². The van der Waals surface area contributed by atoms with Gasteiger partial charge in [0.25, 0.3) is 0 Å². The van der Waals surface area contributed by atoms with Crippen molar-refractivity contribution in [1.29, 1.82) is 0 Å². The van der Waals surface area contributed by atoms with Crippen molar-refractivity contribution in [2.24, 2.45) is 0 Å². The summed E-state index contributed by atoms with van der Waals surface area (Å²) in [5.41, 5.74) is 0. The van der Waals surface area contributed by atoms with Crippen LogP contribution in [-0.2, 0) is 4.79 Å². The van der Waals surface area contributed by atoms with Gasteiger partial charge in [0.05, 0.1) is 6.04 Å². The molecular weight excluding hydrogens is 200 g/mol. The average molecular weight is 222 g/mol. The molecule has 1 amide bonds. The van der Waals surface area contributed by atoms with Crippen molar-refractivity contribution in [2.45, 2.75) is 51.0 Å². The van der Waals surface area contributed by atoms with Crippen molar-refractivity contribution in [3.63, 3.8) is 0 Å². The molecule has 0 bridgehead atoms. The molecule has 0 aromatic carbocycles. The summed E-state index contributed by atoms with van der Waals surface area (Å²) in [7, 11) is 0. The van der Waals surface area contributed by atoms with Crippen LogP contribution in [-0.4, -0.2) is 25.0 Å². The van der Waals surface area contributed by atoms with E-state index >= 15 is 0 Å². The lowest BCUT2D eigenvalue weighted by Gasteiger charge is -2.15. The minimum atomic E-state index is 0.0233. The van der Waals surface area contributed by atoms with Gasteiger partial charge in [-0.25, -0.2) is 0 Å². The molecule has 1 unspecified atom stereocenters. The summed E-state index contributed by atoms with van der Waals surface area (Å²) < 4.78 is 0. The van der Waals surface area contributed by atoms with Crippen LogP contribution in [0.25, 0.3) is 0 Å². The first kappa shape index (κ1) is 13.1. The molecule has 1 fully saturated rings. The Morgan fingerprint density at radius 3 is 3.06 bits per heavy atom. The van der Waals surface area contributed by atoms with E-state index in [1.165, 1.54) is 12.8 Å². The smallest absolute Gasteiger partial charge is 0.237 e. The van der Waals surface area contributed by atoms with Crippen LogP contribution in [0.2, 0.25) is 0 Å². The molecule has 2 N–H and O–H groups in total. The van der Waals surface area contributed by atoms with Crippen LogP contribution < -0.4 is 10.6 Å². The maximum Gasteiger partial charge on any atom is 0.237 e. The third kappa shape index (κ3) is 5.18. The van der Waals surface area contributed by atoms with Crippen LogP contribution in [0.1, 0.15) is 44.9 Å². The number of unbranched alkanes of at least 4 members (excludes halogenated alkanes) is 2. The van der Waals surface area contributed by atoms with Crippen molar-refractivity contribution >= 4 is 5.91 Å². The molecule has 1 heterocycles. The molecule has 0 saturated carbocycles. The number of carbonyl (C=O) groups excluding carboxylic acids is 1. The zero-order valence-electron chi connectivity index (χ0n) is 9.93.